The Hall–Kier alpha value is -3.36. The Kier molecular flexibility index (Phi) is 4.22. The zero-order valence-electron chi connectivity index (χ0n) is 18.3. The number of carbonyl (C=O) groups is 1. The molecule has 1 heterocycles. The zero-order chi connectivity index (χ0) is 23.0. The average Bonchev–Trinajstić information content (AvgIpc) is 3.53. The molecule has 1 amide bonds. The van der Waals surface area contributed by atoms with E-state index in [1.54, 1.807) is 6.07 Å². The summed E-state index contributed by atoms with van der Waals surface area (Å²) in [7, 11) is 0. The van der Waals surface area contributed by atoms with Crippen molar-refractivity contribution >= 4 is 34.0 Å². The third-order valence-corrected chi connectivity index (χ3v) is 7.55. The summed E-state index contributed by atoms with van der Waals surface area (Å²) in [6.45, 7) is 8.13. The van der Waals surface area contributed by atoms with E-state index in [0.29, 0.717) is 11.4 Å². The van der Waals surface area contributed by atoms with Crippen LogP contribution in [0.3, 0.4) is 0 Å². The molecule has 0 bridgehead atoms. The van der Waals surface area contributed by atoms with Crippen molar-refractivity contribution in [3.8, 4) is 0 Å². The molecule has 3 aromatic rings. The smallest absolute Gasteiger partial charge is 0.278 e. The fraction of sp³-hybridized carbons (Fsp3) is 0.435. The van der Waals surface area contributed by atoms with E-state index in [4.69, 9.17) is 4.63 Å². The Morgan fingerprint density at radius 3 is 2.34 bits per heavy atom. The van der Waals surface area contributed by atoms with Gasteiger partial charge in [-0.3, -0.25) is 19.8 Å². The van der Waals surface area contributed by atoms with Crippen LogP contribution in [0.2, 0.25) is 0 Å². The van der Waals surface area contributed by atoms with Crippen LogP contribution < -0.4 is 4.90 Å². The lowest BCUT2D eigenvalue weighted by Gasteiger charge is -2.26. The number of benzene rings is 2. The molecule has 0 atom stereocenters. The number of carbonyl (C=O) groups excluding carboxylic acids is 1. The first-order valence-corrected chi connectivity index (χ1v) is 10.6. The number of hydrogen-bond acceptors (Lipinski definition) is 6. The number of fused-ring (bicyclic) bond motifs is 1. The summed E-state index contributed by atoms with van der Waals surface area (Å²) in [5, 5.41) is 19.0. The monoisotopic (exact) mass is 438 g/mol. The molecule has 0 radical (unpaired) electrons. The molecule has 0 saturated heterocycles. The molecule has 2 saturated carbocycles. The van der Waals surface area contributed by atoms with E-state index in [9.17, 15) is 19.3 Å². The van der Waals surface area contributed by atoms with E-state index in [1.165, 1.54) is 29.2 Å². The van der Waals surface area contributed by atoms with Crippen LogP contribution in [0, 0.1) is 32.7 Å². The molecule has 166 valence electrons. The maximum atomic E-state index is 14.4. The number of rotatable bonds is 5. The Labute approximate surface area is 183 Å². The van der Waals surface area contributed by atoms with Crippen molar-refractivity contribution in [3.63, 3.8) is 0 Å². The van der Waals surface area contributed by atoms with Crippen LogP contribution in [0.15, 0.2) is 35.0 Å². The molecule has 9 heteroatoms. The molecule has 32 heavy (non-hydrogen) atoms. The van der Waals surface area contributed by atoms with Gasteiger partial charge in [-0.25, -0.2) is 9.02 Å². The van der Waals surface area contributed by atoms with E-state index in [-0.39, 0.29) is 45.3 Å². The van der Waals surface area contributed by atoms with E-state index in [0.717, 1.165) is 18.4 Å². The minimum absolute atomic E-state index is 0.0519. The molecule has 2 fully saturated rings. The maximum Gasteiger partial charge on any atom is 0.300 e. The molecule has 2 aliphatic rings. The van der Waals surface area contributed by atoms with Gasteiger partial charge in [0.05, 0.1) is 22.2 Å². The van der Waals surface area contributed by atoms with Gasteiger partial charge in [0.25, 0.3) is 0 Å². The molecule has 8 nitrogen and oxygen atoms in total. The van der Waals surface area contributed by atoms with Crippen molar-refractivity contribution in [2.24, 2.45) is 16.7 Å². The Bertz CT molecular complexity index is 1260. The highest BCUT2D eigenvalue weighted by Gasteiger charge is 2.69. The normalized spacial score (nSPS) is 19.2. The number of halogens is 1. The molecule has 0 N–H and O–H groups in total. The van der Waals surface area contributed by atoms with Crippen LogP contribution in [0.25, 0.3) is 11.0 Å². The highest BCUT2D eigenvalue weighted by atomic mass is 19.1. The summed E-state index contributed by atoms with van der Waals surface area (Å²) < 4.78 is 19.3. The molecular formula is C23H23FN4O4. The Morgan fingerprint density at radius 1 is 1.09 bits per heavy atom. The SMILES string of the molecule is CC1(C)C(C(=O)N(c2cc(F)ccc2C2CC2)c2ccc([N+](=O)[O-])c3nonc23)C1(C)C. The van der Waals surface area contributed by atoms with Crippen LogP contribution in [0.4, 0.5) is 21.5 Å². The van der Waals surface area contributed by atoms with Crippen molar-refractivity contribution in [3.05, 3.63) is 51.8 Å². The fourth-order valence-corrected chi connectivity index (χ4v) is 4.93. The number of anilines is 2. The lowest BCUT2D eigenvalue weighted by atomic mass is 10.0. The summed E-state index contributed by atoms with van der Waals surface area (Å²) in [5.41, 5.74) is 0.843. The van der Waals surface area contributed by atoms with E-state index in [2.05, 4.69) is 10.3 Å². The third kappa shape index (κ3) is 2.83. The lowest BCUT2D eigenvalue weighted by molar-refractivity contribution is -0.383. The minimum Gasteiger partial charge on any atom is -0.278 e. The molecule has 2 aliphatic carbocycles. The summed E-state index contributed by atoms with van der Waals surface area (Å²) in [5.74, 6) is -0.751. The van der Waals surface area contributed by atoms with Gasteiger partial charge in [0.2, 0.25) is 11.4 Å². The minimum atomic E-state index is -0.576. The number of hydrogen-bond donors (Lipinski definition) is 0. The van der Waals surface area contributed by atoms with Gasteiger partial charge in [-0.05, 0) is 63.7 Å². The number of non-ortho nitro benzene ring substituents is 1. The highest BCUT2D eigenvalue weighted by molar-refractivity contribution is 6.10. The number of nitrogens with zero attached hydrogens (tertiary/aromatic N) is 4. The van der Waals surface area contributed by atoms with E-state index < -0.39 is 10.7 Å². The van der Waals surface area contributed by atoms with Crippen molar-refractivity contribution in [1.29, 1.82) is 0 Å². The number of amides is 1. The number of nitro benzene ring substituents is 1. The topological polar surface area (TPSA) is 102 Å². The number of nitro groups is 1. The van der Waals surface area contributed by atoms with E-state index in [1.807, 2.05) is 27.7 Å². The largest absolute Gasteiger partial charge is 0.300 e. The van der Waals surface area contributed by atoms with Crippen LogP contribution >= 0.6 is 0 Å². The van der Waals surface area contributed by atoms with Gasteiger partial charge in [-0.2, -0.15) is 0 Å². The molecule has 2 aromatic carbocycles. The second-order valence-corrected chi connectivity index (χ2v) is 9.85. The molecule has 0 unspecified atom stereocenters. The zero-order valence-corrected chi connectivity index (χ0v) is 18.3. The predicted octanol–water partition coefficient (Wildman–Crippen LogP) is 5.49. The number of aromatic nitrogens is 2. The predicted molar refractivity (Wildman–Crippen MR) is 115 cm³/mol. The van der Waals surface area contributed by atoms with E-state index >= 15 is 0 Å². The van der Waals surface area contributed by atoms with Crippen molar-refractivity contribution < 1.29 is 18.7 Å². The summed E-state index contributed by atoms with van der Waals surface area (Å²) in [4.78, 5) is 26.4. The Balaban J connectivity index is 1.75. The van der Waals surface area contributed by atoms with Gasteiger partial charge >= 0.3 is 5.69 Å². The van der Waals surface area contributed by atoms with Crippen LogP contribution in [0.5, 0.6) is 0 Å². The second kappa shape index (κ2) is 6.57. The first-order valence-electron chi connectivity index (χ1n) is 10.6. The van der Waals surface area contributed by atoms with Gasteiger partial charge < -0.3 is 0 Å². The fourth-order valence-electron chi connectivity index (χ4n) is 4.93. The van der Waals surface area contributed by atoms with Crippen LogP contribution in [0.1, 0.15) is 52.0 Å². The summed E-state index contributed by atoms with van der Waals surface area (Å²) in [6.07, 6.45) is 1.92. The Morgan fingerprint density at radius 2 is 1.75 bits per heavy atom. The van der Waals surface area contributed by atoms with Gasteiger partial charge in [0, 0.05) is 6.07 Å². The first kappa shape index (κ1) is 20.5. The average molecular weight is 438 g/mol. The van der Waals surface area contributed by atoms with Gasteiger partial charge in [0.15, 0.2) is 5.52 Å². The molecule has 5 rings (SSSR count). The van der Waals surface area contributed by atoms with Crippen LogP contribution in [-0.4, -0.2) is 21.1 Å². The highest BCUT2D eigenvalue weighted by Crippen LogP contribution is 2.69. The third-order valence-electron chi connectivity index (χ3n) is 7.55. The second-order valence-electron chi connectivity index (χ2n) is 9.85. The first-order chi connectivity index (χ1) is 15.1. The lowest BCUT2D eigenvalue weighted by Crippen LogP contribution is -2.31. The van der Waals surface area contributed by atoms with Crippen LogP contribution in [-0.2, 0) is 4.79 Å². The quantitative estimate of drug-likeness (QED) is 0.385. The standard InChI is InChI=1S/C23H23FN4O4/c1-22(2)20(23(22,3)4)21(29)27(17-11-13(24)7-8-14(17)12-5-6-12)15-9-10-16(28(30)31)19-18(15)25-32-26-19/h7-12,20H,5-6H2,1-4H3. The van der Waals surface area contributed by atoms with Gasteiger partial charge in [-0.1, -0.05) is 33.8 Å². The molecular weight excluding hydrogens is 415 g/mol. The summed E-state index contributed by atoms with van der Waals surface area (Å²) >= 11 is 0. The van der Waals surface area contributed by atoms with Gasteiger partial charge in [-0.15, -0.1) is 0 Å². The molecule has 0 aliphatic heterocycles. The maximum absolute atomic E-state index is 14.4. The van der Waals surface area contributed by atoms with Gasteiger partial charge in [0.1, 0.15) is 5.82 Å². The summed E-state index contributed by atoms with van der Waals surface area (Å²) in [6, 6.07) is 7.21. The van der Waals surface area contributed by atoms with Crippen molar-refractivity contribution in [2.45, 2.75) is 46.5 Å². The molecule has 0 spiro atoms. The van der Waals surface area contributed by atoms with Crippen molar-refractivity contribution in [1.82, 2.24) is 10.3 Å². The molecule has 1 aromatic heterocycles. The van der Waals surface area contributed by atoms with Crippen molar-refractivity contribution in [2.75, 3.05) is 4.90 Å².